The highest BCUT2D eigenvalue weighted by Gasteiger charge is 2.14. The molecular formula is C21H16ClF3N4O2. The van der Waals surface area contributed by atoms with Gasteiger partial charge in [-0.05, 0) is 24.3 Å². The summed E-state index contributed by atoms with van der Waals surface area (Å²) in [6.07, 6.45) is 1.16. The lowest BCUT2D eigenvalue weighted by Gasteiger charge is -2.12. The van der Waals surface area contributed by atoms with Crippen molar-refractivity contribution in [1.29, 1.82) is 0 Å². The molecule has 2 aromatic carbocycles. The van der Waals surface area contributed by atoms with Crippen LogP contribution in [0.25, 0.3) is 10.9 Å². The van der Waals surface area contributed by atoms with Crippen LogP contribution in [0.3, 0.4) is 0 Å². The number of nitrogens with zero attached hydrogens (tertiary/aromatic N) is 4. The van der Waals surface area contributed by atoms with Crippen molar-refractivity contribution in [3.8, 4) is 11.6 Å². The van der Waals surface area contributed by atoms with Gasteiger partial charge in [0.25, 0.3) is 5.56 Å². The molecule has 0 N–H and O–H groups in total. The fraction of sp³-hybridized carbons (Fsp3) is 0.143. The summed E-state index contributed by atoms with van der Waals surface area (Å²) in [5.74, 6) is -2.64. The summed E-state index contributed by atoms with van der Waals surface area (Å²) in [4.78, 5) is 15.9. The fourth-order valence-corrected chi connectivity index (χ4v) is 2.85. The Labute approximate surface area is 179 Å². The molecule has 4 aromatic rings. The molecule has 0 atom stereocenters. The van der Waals surface area contributed by atoms with E-state index >= 15 is 0 Å². The van der Waals surface area contributed by atoms with E-state index in [1.165, 1.54) is 28.8 Å². The highest BCUT2D eigenvalue weighted by atomic mass is 35.5. The summed E-state index contributed by atoms with van der Waals surface area (Å²) in [5.41, 5.74) is -0.540. The van der Waals surface area contributed by atoms with Crippen molar-refractivity contribution in [2.75, 3.05) is 0 Å². The van der Waals surface area contributed by atoms with Gasteiger partial charge in [0.15, 0.2) is 5.15 Å². The Morgan fingerprint density at radius 1 is 1.00 bits per heavy atom. The lowest BCUT2D eigenvalue weighted by molar-refractivity contribution is 0.456. The minimum absolute atomic E-state index is 0.161. The molecular weight excluding hydrogens is 433 g/mol. The van der Waals surface area contributed by atoms with Gasteiger partial charge in [0.2, 0.25) is 5.88 Å². The average Bonchev–Trinajstić information content (AvgIpc) is 2.75. The minimum Gasteiger partial charge on any atom is -0.437 e. The molecule has 0 radical (unpaired) electrons. The highest BCUT2D eigenvalue weighted by molar-refractivity contribution is 6.29. The Morgan fingerprint density at radius 3 is 2.35 bits per heavy atom. The van der Waals surface area contributed by atoms with Gasteiger partial charge in [0, 0.05) is 23.8 Å². The van der Waals surface area contributed by atoms with Crippen molar-refractivity contribution in [1.82, 2.24) is 19.7 Å². The van der Waals surface area contributed by atoms with Crippen LogP contribution in [0.15, 0.2) is 53.6 Å². The van der Waals surface area contributed by atoms with Crippen LogP contribution in [0.5, 0.6) is 11.6 Å². The third-order valence-electron chi connectivity index (χ3n) is 4.09. The van der Waals surface area contributed by atoms with Crippen LogP contribution in [-0.4, -0.2) is 19.7 Å². The van der Waals surface area contributed by atoms with Crippen LogP contribution >= 0.6 is 11.6 Å². The second-order valence-electron chi connectivity index (χ2n) is 6.00. The van der Waals surface area contributed by atoms with Gasteiger partial charge in [-0.1, -0.05) is 25.4 Å². The van der Waals surface area contributed by atoms with Crippen LogP contribution in [0.2, 0.25) is 5.15 Å². The van der Waals surface area contributed by atoms with E-state index in [-0.39, 0.29) is 34.3 Å². The molecule has 2 aromatic heterocycles. The molecule has 0 saturated heterocycles. The number of hydrogen-bond acceptors (Lipinski definition) is 5. The molecule has 0 saturated carbocycles. The second kappa shape index (κ2) is 9.57. The Hall–Kier alpha value is -3.46. The van der Waals surface area contributed by atoms with E-state index in [1.54, 1.807) is 6.07 Å². The largest absolute Gasteiger partial charge is 0.437 e. The van der Waals surface area contributed by atoms with Crippen molar-refractivity contribution in [3.63, 3.8) is 0 Å². The van der Waals surface area contributed by atoms with Gasteiger partial charge < -0.3 is 9.30 Å². The molecule has 0 unspecified atom stereocenters. The normalized spacial score (nSPS) is 10.5. The molecule has 10 heteroatoms. The maximum absolute atomic E-state index is 14.0. The molecule has 2 heterocycles. The Morgan fingerprint density at radius 2 is 1.71 bits per heavy atom. The Kier molecular flexibility index (Phi) is 6.86. The first-order valence-corrected chi connectivity index (χ1v) is 9.58. The number of halogens is 4. The standard InChI is InChI=1S/C19H10ClF3N4O2.C2H6/c20-17-3-4-18(26-25-17)29-11-1-2-16-12(7-11)19(28)24-9-27(16)8-13-14(22)5-10(21)6-15(13)23;1-2/h1-7,9H,8H2;1-2H3. The molecule has 0 aliphatic carbocycles. The molecule has 0 spiro atoms. The van der Waals surface area contributed by atoms with Crippen molar-refractivity contribution < 1.29 is 17.9 Å². The highest BCUT2D eigenvalue weighted by Crippen LogP contribution is 2.24. The minimum atomic E-state index is -1.03. The van der Waals surface area contributed by atoms with Crippen molar-refractivity contribution in [3.05, 3.63) is 87.3 Å². The van der Waals surface area contributed by atoms with Gasteiger partial charge >= 0.3 is 0 Å². The zero-order valence-corrected chi connectivity index (χ0v) is 17.2. The smallest absolute Gasteiger partial charge is 0.280 e. The van der Waals surface area contributed by atoms with E-state index in [4.69, 9.17) is 16.3 Å². The fourth-order valence-electron chi connectivity index (χ4n) is 2.75. The van der Waals surface area contributed by atoms with Crippen LogP contribution in [0.4, 0.5) is 13.2 Å². The first-order chi connectivity index (χ1) is 14.9. The summed E-state index contributed by atoms with van der Waals surface area (Å²) < 4.78 is 48.0. The van der Waals surface area contributed by atoms with Crippen molar-refractivity contribution >= 4 is 22.5 Å². The van der Waals surface area contributed by atoms with Gasteiger partial charge in [-0.15, -0.1) is 10.2 Å². The molecule has 0 aliphatic heterocycles. The molecule has 4 rings (SSSR count). The van der Waals surface area contributed by atoms with Crippen LogP contribution in [0.1, 0.15) is 19.4 Å². The molecule has 0 amide bonds. The molecule has 0 fully saturated rings. The Balaban J connectivity index is 0.00000132. The SMILES string of the molecule is CC.O=c1ncn(Cc2c(F)cc(F)cc2F)c2ccc(Oc3ccc(Cl)nn3)cc12. The van der Waals surface area contributed by atoms with Crippen molar-refractivity contribution in [2.45, 2.75) is 20.4 Å². The first-order valence-electron chi connectivity index (χ1n) is 9.20. The van der Waals surface area contributed by atoms with Gasteiger partial charge in [-0.25, -0.2) is 13.2 Å². The predicted molar refractivity (Wildman–Crippen MR) is 110 cm³/mol. The number of benzene rings is 2. The summed E-state index contributed by atoms with van der Waals surface area (Å²) in [7, 11) is 0. The summed E-state index contributed by atoms with van der Waals surface area (Å²) in [6, 6.07) is 8.69. The number of rotatable bonds is 4. The monoisotopic (exact) mass is 448 g/mol. The van der Waals surface area contributed by atoms with E-state index in [9.17, 15) is 18.0 Å². The van der Waals surface area contributed by atoms with E-state index in [0.717, 1.165) is 6.33 Å². The molecule has 0 aliphatic rings. The quantitative estimate of drug-likeness (QED) is 0.433. The van der Waals surface area contributed by atoms with Crippen LogP contribution < -0.4 is 10.3 Å². The molecule has 160 valence electrons. The van der Waals surface area contributed by atoms with Gasteiger partial charge in [0.05, 0.1) is 23.8 Å². The first kappa shape index (κ1) is 22.2. The number of aromatic nitrogens is 4. The summed E-state index contributed by atoms with van der Waals surface area (Å²) in [6.45, 7) is 3.71. The molecule has 31 heavy (non-hydrogen) atoms. The zero-order valence-electron chi connectivity index (χ0n) is 16.4. The summed E-state index contributed by atoms with van der Waals surface area (Å²) >= 11 is 5.67. The van der Waals surface area contributed by atoms with E-state index in [0.29, 0.717) is 17.6 Å². The molecule has 6 nitrogen and oxygen atoms in total. The maximum Gasteiger partial charge on any atom is 0.280 e. The second-order valence-corrected chi connectivity index (χ2v) is 6.39. The molecule has 0 bridgehead atoms. The van der Waals surface area contributed by atoms with Crippen LogP contribution in [0, 0.1) is 17.5 Å². The van der Waals surface area contributed by atoms with E-state index in [2.05, 4.69) is 15.2 Å². The topological polar surface area (TPSA) is 69.9 Å². The lowest BCUT2D eigenvalue weighted by atomic mass is 10.1. The van der Waals surface area contributed by atoms with Crippen LogP contribution in [-0.2, 0) is 6.54 Å². The van der Waals surface area contributed by atoms with Crippen molar-refractivity contribution in [2.24, 2.45) is 0 Å². The predicted octanol–water partition coefficient (Wildman–Crippen LogP) is 5.12. The number of ether oxygens (including phenoxy) is 1. The van der Waals surface area contributed by atoms with E-state index in [1.807, 2.05) is 13.8 Å². The third-order valence-corrected chi connectivity index (χ3v) is 4.29. The third kappa shape index (κ3) is 5.00. The maximum atomic E-state index is 14.0. The Bertz CT molecular complexity index is 1260. The number of fused-ring (bicyclic) bond motifs is 1. The average molecular weight is 449 g/mol. The van der Waals surface area contributed by atoms with Gasteiger partial charge in [-0.3, -0.25) is 4.79 Å². The lowest BCUT2D eigenvalue weighted by Crippen LogP contribution is -2.14. The zero-order chi connectivity index (χ0) is 22.5. The number of hydrogen-bond donors (Lipinski definition) is 0. The summed E-state index contributed by atoms with van der Waals surface area (Å²) in [5, 5.41) is 7.77. The van der Waals surface area contributed by atoms with Gasteiger partial charge in [-0.2, -0.15) is 4.98 Å². The van der Waals surface area contributed by atoms with Gasteiger partial charge in [0.1, 0.15) is 23.2 Å². The van der Waals surface area contributed by atoms with E-state index < -0.39 is 23.0 Å².